The molecule has 3 aromatic carbocycles. The van der Waals surface area contributed by atoms with E-state index in [4.69, 9.17) is 4.74 Å². The van der Waals surface area contributed by atoms with Gasteiger partial charge in [0.1, 0.15) is 17.5 Å². The van der Waals surface area contributed by atoms with Crippen LogP contribution < -0.4 is 10.1 Å². The smallest absolute Gasteiger partial charge is 0.247 e. The number of aryl methyl sites for hydroxylation is 1. The zero-order valence-electron chi connectivity index (χ0n) is 16.6. The summed E-state index contributed by atoms with van der Waals surface area (Å²) in [6.45, 7) is 4.06. The average molecular weight is 384 g/mol. The number of aromatic nitrogens is 1. The Morgan fingerprint density at radius 3 is 2.41 bits per heavy atom. The van der Waals surface area contributed by atoms with Crippen LogP contribution in [-0.4, -0.2) is 10.5 Å². The number of hydrogen-bond acceptors (Lipinski definition) is 2. The van der Waals surface area contributed by atoms with Crippen LogP contribution in [0.3, 0.4) is 0 Å². The second kappa shape index (κ2) is 8.23. The lowest BCUT2D eigenvalue weighted by atomic mass is 10.1. The number of para-hydroxylation sites is 1. The van der Waals surface area contributed by atoms with Crippen molar-refractivity contribution in [3.05, 3.63) is 90.6 Å². The molecule has 4 heteroatoms. The molecule has 146 valence electrons. The van der Waals surface area contributed by atoms with Crippen molar-refractivity contribution in [1.82, 2.24) is 4.57 Å². The largest absolute Gasteiger partial charge is 0.457 e. The molecule has 0 aliphatic carbocycles. The van der Waals surface area contributed by atoms with Gasteiger partial charge in [0, 0.05) is 17.4 Å². The Kier molecular flexibility index (Phi) is 5.34. The zero-order chi connectivity index (χ0) is 20.2. The van der Waals surface area contributed by atoms with Crippen molar-refractivity contribution < 1.29 is 9.53 Å². The minimum absolute atomic E-state index is 0.0567. The molecule has 29 heavy (non-hydrogen) atoms. The number of rotatable bonds is 6. The van der Waals surface area contributed by atoms with Crippen molar-refractivity contribution in [2.45, 2.75) is 26.3 Å². The van der Waals surface area contributed by atoms with Gasteiger partial charge >= 0.3 is 0 Å². The first kappa shape index (κ1) is 18.8. The number of fused-ring (bicyclic) bond motifs is 1. The summed E-state index contributed by atoms with van der Waals surface area (Å²) in [7, 11) is 0. The van der Waals surface area contributed by atoms with Gasteiger partial charge in [0.25, 0.3) is 0 Å². The summed E-state index contributed by atoms with van der Waals surface area (Å²) in [6, 6.07) is 25.2. The average Bonchev–Trinajstić information content (AvgIpc) is 3.18. The molecule has 0 fully saturated rings. The molecule has 1 heterocycles. The van der Waals surface area contributed by atoms with Crippen LogP contribution in [0.25, 0.3) is 10.9 Å². The molecule has 0 aliphatic rings. The molecule has 4 nitrogen and oxygen atoms in total. The highest BCUT2D eigenvalue weighted by atomic mass is 16.5. The molecule has 0 radical (unpaired) electrons. The summed E-state index contributed by atoms with van der Waals surface area (Å²) in [6.07, 6.45) is 2.98. The molecule has 0 saturated carbocycles. The topological polar surface area (TPSA) is 43.3 Å². The van der Waals surface area contributed by atoms with Gasteiger partial charge in [-0.25, -0.2) is 0 Å². The molecule has 4 aromatic rings. The van der Waals surface area contributed by atoms with E-state index in [1.165, 1.54) is 5.56 Å². The summed E-state index contributed by atoms with van der Waals surface area (Å²) in [5, 5.41) is 4.15. The lowest BCUT2D eigenvalue weighted by molar-refractivity contribution is -0.118. The zero-order valence-corrected chi connectivity index (χ0v) is 16.6. The molecular weight excluding hydrogens is 360 g/mol. The molecule has 1 aromatic heterocycles. The van der Waals surface area contributed by atoms with Crippen LogP contribution in [0.1, 0.15) is 25.5 Å². The SMILES string of the molecule is CCc1ccc2c(ccn2C(C)C(=O)Nc2ccc(Oc3ccccc3)cc2)c1. The van der Waals surface area contributed by atoms with Gasteiger partial charge in [-0.15, -0.1) is 0 Å². The molecule has 1 amide bonds. The third kappa shape index (κ3) is 4.16. The highest BCUT2D eigenvalue weighted by Crippen LogP contribution is 2.25. The van der Waals surface area contributed by atoms with Crippen molar-refractivity contribution in [2.75, 3.05) is 5.32 Å². The number of ether oxygens (including phenoxy) is 1. The van der Waals surface area contributed by atoms with E-state index in [0.29, 0.717) is 0 Å². The van der Waals surface area contributed by atoms with E-state index in [-0.39, 0.29) is 11.9 Å². The van der Waals surface area contributed by atoms with Gasteiger partial charge in [-0.05, 0) is 78.9 Å². The van der Waals surface area contributed by atoms with E-state index in [0.717, 1.165) is 34.5 Å². The third-order valence-electron chi connectivity index (χ3n) is 5.09. The predicted octanol–water partition coefficient (Wildman–Crippen LogP) is 6.20. The maximum atomic E-state index is 12.8. The van der Waals surface area contributed by atoms with Gasteiger partial charge < -0.3 is 14.6 Å². The normalized spacial score (nSPS) is 11.9. The Hall–Kier alpha value is -3.53. The summed E-state index contributed by atoms with van der Waals surface area (Å²) >= 11 is 0. The maximum absolute atomic E-state index is 12.8. The molecule has 1 N–H and O–H groups in total. The molecule has 0 saturated heterocycles. The fraction of sp³-hybridized carbons (Fsp3) is 0.160. The monoisotopic (exact) mass is 384 g/mol. The maximum Gasteiger partial charge on any atom is 0.247 e. The molecule has 4 rings (SSSR count). The number of nitrogens with zero attached hydrogens (tertiary/aromatic N) is 1. The first-order chi connectivity index (χ1) is 14.1. The second-order valence-corrected chi connectivity index (χ2v) is 7.07. The molecule has 0 aliphatic heterocycles. The van der Waals surface area contributed by atoms with Crippen LogP contribution in [0.5, 0.6) is 11.5 Å². The van der Waals surface area contributed by atoms with E-state index in [1.807, 2.05) is 72.3 Å². The Bertz CT molecular complexity index is 1110. The van der Waals surface area contributed by atoms with E-state index >= 15 is 0 Å². The highest BCUT2D eigenvalue weighted by molar-refractivity contribution is 5.95. The minimum atomic E-state index is -0.319. The number of nitrogens with one attached hydrogen (secondary N) is 1. The molecule has 1 atom stereocenters. The van der Waals surface area contributed by atoms with Crippen LogP contribution in [0.4, 0.5) is 5.69 Å². The number of amides is 1. The van der Waals surface area contributed by atoms with E-state index in [1.54, 1.807) is 0 Å². The second-order valence-electron chi connectivity index (χ2n) is 7.07. The van der Waals surface area contributed by atoms with E-state index in [9.17, 15) is 4.79 Å². The fourth-order valence-electron chi connectivity index (χ4n) is 3.38. The van der Waals surface area contributed by atoms with E-state index in [2.05, 4.69) is 36.5 Å². The Morgan fingerprint density at radius 2 is 1.69 bits per heavy atom. The highest BCUT2D eigenvalue weighted by Gasteiger charge is 2.17. The van der Waals surface area contributed by atoms with Crippen molar-refractivity contribution in [2.24, 2.45) is 0 Å². The van der Waals surface area contributed by atoms with Crippen molar-refractivity contribution >= 4 is 22.5 Å². The lowest BCUT2D eigenvalue weighted by Crippen LogP contribution is -2.23. The molecule has 0 spiro atoms. The number of carbonyl (C=O) groups excluding carboxylic acids is 1. The summed E-state index contributed by atoms with van der Waals surface area (Å²) < 4.78 is 7.81. The standard InChI is InChI=1S/C25H24N2O2/c1-3-19-9-14-24-20(17-19)15-16-27(24)18(2)25(28)26-21-10-12-23(13-11-21)29-22-7-5-4-6-8-22/h4-18H,3H2,1-2H3,(H,26,28). The van der Waals surface area contributed by atoms with Crippen LogP contribution in [0.2, 0.25) is 0 Å². The third-order valence-corrected chi connectivity index (χ3v) is 5.09. The number of anilines is 1. The van der Waals surface area contributed by atoms with Gasteiger partial charge in [0.2, 0.25) is 5.91 Å². The predicted molar refractivity (Wildman–Crippen MR) is 118 cm³/mol. The van der Waals surface area contributed by atoms with Gasteiger partial charge in [-0.1, -0.05) is 31.2 Å². The van der Waals surface area contributed by atoms with Gasteiger partial charge in [-0.2, -0.15) is 0 Å². The Balaban J connectivity index is 1.45. The summed E-state index contributed by atoms with van der Waals surface area (Å²) in [5.74, 6) is 1.45. The fourth-order valence-corrected chi connectivity index (χ4v) is 3.38. The Labute approximate surface area is 170 Å². The van der Waals surface area contributed by atoms with Crippen LogP contribution in [0.15, 0.2) is 85.1 Å². The quantitative estimate of drug-likeness (QED) is 0.430. The summed E-state index contributed by atoms with van der Waals surface area (Å²) in [4.78, 5) is 12.8. The van der Waals surface area contributed by atoms with E-state index < -0.39 is 0 Å². The van der Waals surface area contributed by atoms with Crippen LogP contribution in [-0.2, 0) is 11.2 Å². The first-order valence-electron chi connectivity index (χ1n) is 9.87. The van der Waals surface area contributed by atoms with Crippen LogP contribution in [0, 0.1) is 0 Å². The number of carbonyl (C=O) groups is 1. The summed E-state index contributed by atoms with van der Waals surface area (Å²) in [5.41, 5.74) is 3.11. The van der Waals surface area contributed by atoms with Gasteiger partial charge in [0.05, 0.1) is 0 Å². The number of hydrogen-bond donors (Lipinski definition) is 1. The molecule has 0 bridgehead atoms. The van der Waals surface area contributed by atoms with Crippen molar-refractivity contribution in [1.29, 1.82) is 0 Å². The van der Waals surface area contributed by atoms with Crippen LogP contribution >= 0.6 is 0 Å². The first-order valence-corrected chi connectivity index (χ1v) is 9.87. The van der Waals surface area contributed by atoms with Gasteiger partial charge in [-0.3, -0.25) is 4.79 Å². The minimum Gasteiger partial charge on any atom is -0.457 e. The lowest BCUT2D eigenvalue weighted by Gasteiger charge is -2.16. The van der Waals surface area contributed by atoms with Crippen molar-refractivity contribution in [3.8, 4) is 11.5 Å². The van der Waals surface area contributed by atoms with Gasteiger partial charge in [0.15, 0.2) is 0 Å². The molecular formula is C25H24N2O2. The van der Waals surface area contributed by atoms with Crippen molar-refractivity contribution in [3.63, 3.8) is 0 Å². The Morgan fingerprint density at radius 1 is 0.966 bits per heavy atom. The molecule has 1 unspecified atom stereocenters. The number of benzene rings is 3.